The van der Waals surface area contributed by atoms with E-state index >= 15 is 0 Å². The second kappa shape index (κ2) is 4.13. The molecule has 5 nitrogen and oxygen atoms in total. The van der Waals surface area contributed by atoms with Crippen molar-refractivity contribution in [3.63, 3.8) is 0 Å². The fourth-order valence-corrected chi connectivity index (χ4v) is 1.79. The number of carboxylic acids is 1. The first kappa shape index (κ1) is 11.3. The molecule has 2 heterocycles. The number of carboxylic acid groups (broad SMARTS) is 1. The molecular weight excluding hydrogens is 248 g/mol. The molecule has 0 saturated carbocycles. The number of rotatable bonds is 3. The first-order valence-electron chi connectivity index (χ1n) is 5.51. The summed E-state index contributed by atoms with van der Waals surface area (Å²) in [6, 6.07) is 11.4. The molecule has 0 saturated heterocycles. The summed E-state index contributed by atoms with van der Waals surface area (Å²) in [6.07, 6.45) is 0. The lowest BCUT2D eigenvalue weighted by atomic mass is 10.2. The molecule has 0 spiro atoms. The van der Waals surface area contributed by atoms with Crippen molar-refractivity contribution in [1.82, 2.24) is 0 Å². The van der Waals surface area contributed by atoms with Crippen LogP contribution in [0.15, 0.2) is 51.3 Å². The van der Waals surface area contributed by atoms with Crippen molar-refractivity contribution < 1.29 is 23.5 Å². The molecule has 5 heteroatoms. The van der Waals surface area contributed by atoms with Crippen LogP contribution >= 0.6 is 0 Å². The number of ketones is 1. The maximum Gasteiger partial charge on any atom is 0.371 e. The van der Waals surface area contributed by atoms with Gasteiger partial charge in [0, 0.05) is 5.39 Å². The van der Waals surface area contributed by atoms with Crippen LogP contribution in [0.5, 0.6) is 0 Å². The molecule has 0 bridgehead atoms. The number of carbonyl (C=O) groups is 2. The number of carbonyl (C=O) groups excluding carboxylic acids is 1. The van der Waals surface area contributed by atoms with Gasteiger partial charge in [-0.3, -0.25) is 4.79 Å². The highest BCUT2D eigenvalue weighted by molar-refractivity contribution is 6.07. The van der Waals surface area contributed by atoms with Crippen LogP contribution in [-0.4, -0.2) is 16.9 Å². The van der Waals surface area contributed by atoms with E-state index in [1.165, 1.54) is 12.1 Å². The van der Waals surface area contributed by atoms with Crippen molar-refractivity contribution in [3.8, 4) is 0 Å². The molecule has 2 aromatic heterocycles. The van der Waals surface area contributed by atoms with Crippen LogP contribution in [0.1, 0.15) is 26.9 Å². The van der Waals surface area contributed by atoms with Gasteiger partial charge in [0.2, 0.25) is 5.76 Å². The summed E-state index contributed by atoms with van der Waals surface area (Å²) >= 11 is 0. The number of hydrogen-bond acceptors (Lipinski definition) is 4. The molecule has 0 atom stereocenters. The average molecular weight is 256 g/mol. The smallest absolute Gasteiger partial charge is 0.371 e. The topological polar surface area (TPSA) is 80.6 Å². The summed E-state index contributed by atoms with van der Waals surface area (Å²) in [4.78, 5) is 22.8. The minimum Gasteiger partial charge on any atom is -0.475 e. The van der Waals surface area contributed by atoms with E-state index in [0.717, 1.165) is 5.39 Å². The molecule has 3 rings (SSSR count). The number of fused-ring (bicyclic) bond motifs is 1. The van der Waals surface area contributed by atoms with Gasteiger partial charge in [-0.05, 0) is 24.3 Å². The van der Waals surface area contributed by atoms with E-state index in [0.29, 0.717) is 5.58 Å². The van der Waals surface area contributed by atoms with Crippen molar-refractivity contribution >= 4 is 22.7 Å². The third-order valence-electron chi connectivity index (χ3n) is 2.69. The van der Waals surface area contributed by atoms with E-state index in [1.807, 2.05) is 12.1 Å². The molecule has 1 aromatic carbocycles. The minimum absolute atomic E-state index is 0.0588. The zero-order chi connectivity index (χ0) is 13.4. The average Bonchev–Trinajstić information content (AvgIpc) is 3.04. The van der Waals surface area contributed by atoms with Gasteiger partial charge < -0.3 is 13.9 Å². The Morgan fingerprint density at radius 2 is 1.63 bits per heavy atom. The SMILES string of the molecule is O=C(O)c1ccc(C(=O)c2cc3ccccc3o2)o1. The summed E-state index contributed by atoms with van der Waals surface area (Å²) < 4.78 is 10.3. The Bertz CT molecular complexity index is 745. The zero-order valence-corrected chi connectivity index (χ0v) is 9.62. The first-order chi connectivity index (χ1) is 9.15. The van der Waals surface area contributed by atoms with E-state index in [2.05, 4.69) is 0 Å². The summed E-state index contributed by atoms with van der Waals surface area (Å²) in [5, 5.41) is 9.54. The summed E-state index contributed by atoms with van der Waals surface area (Å²) in [5.41, 5.74) is 0.593. The minimum atomic E-state index is -1.22. The van der Waals surface area contributed by atoms with Crippen molar-refractivity contribution in [1.29, 1.82) is 0 Å². The Morgan fingerprint density at radius 3 is 2.32 bits per heavy atom. The lowest BCUT2D eigenvalue weighted by Gasteiger charge is -1.91. The fourth-order valence-electron chi connectivity index (χ4n) is 1.79. The fraction of sp³-hybridized carbons (Fsp3) is 0. The van der Waals surface area contributed by atoms with Crippen LogP contribution in [0.3, 0.4) is 0 Å². The highest BCUT2D eigenvalue weighted by atomic mass is 16.4. The normalized spacial score (nSPS) is 10.7. The Labute approximate surface area is 107 Å². The molecule has 94 valence electrons. The lowest BCUT2D eigenvalue weighted by molar-refractivity contribution is 0.0660. The quantitative estimate of drug-likeness (QED) is 0.728. The molecule has 0 fully saturated rings. The molecule has 1 N–H and O–H groups in total. The van der Waals surface area contributed by atoms with Gasteiger partial charge in [0.1, 0.15) is 5.58 Å². The van der Waals surface area contributed by atoms with Gasteiger partial charge in [0.15, 0.2) is 11.5 Å². The molecule has 19 heavy (non-hydrogen) atoms. The second-order valence-electron chi connectivity index (χ2n) is 3.95. The van der Waals surface area contributed by atoms with Crippen molar-refractivity contribution in [3.05, 3.63) is 59.7 Å². The van der Waals surface area contributed by atoms with Crippen LogP contribution in [0, 0.1) is 0 Å². The molecule has 3 aromatic rings. The monoisotopic (exact) mass is 256 g/mol. The lowest BCUT2D eigenvalue weighted by Crippen LogP contribution is -1.98. The van der Waals surface area contributed by atoms with Gasteiger partial charge in [0.25, 0.3) is 5.78 Å². The molecule has 0 amide bonds. The highest BCUT2D eigenvalue weighted by Crippen LogP contribution is 2.22. The standard InChI is InChI=1S/C14H8O5/c15-13(10-5-6-11(19-10)14(16)17)12-7-8-3-1-2-4-9(8)18-12/h1-7H,(H,16,17). The van der Waals surface area contributed by atoms with Gasteiger partial charge in [0.05, 0.1) is 0 Å². The highest BCUT2D eigenvalue weighted by Gasteiger charge is 2.19. The van der Waals surface area contributed by atoms with Gasteiger partial charge in [-0.1, -0.05) is 18.2 Å². The predicted molar refractivity (Wildman–Crippen MR) is 65.3 cm³/mol. The maximum atomic E-state index is 12.1. The number of aromatic carboxylic acids is 1. The van der Waals surface area contributed by atoms with Gasteiger partial charge >= 0.3 is 5.97 Å². The van der Waals surface area contributed by atoms with Crippen molar-refractivity contribution in [2.75, 3.05) is 0 Å². The van der Waals surface area contributed by atoms with Crippen LogP contribution in [-0.2, 0) is 0 Å². The van der Waals surface area contributed by atoms with E-state index < -0.39 is 11.8 Å². The van der Waals surface area contributed by atoms with E-state index in [4.69, 9.17) is 13.9 Å². The molecule has 0 unspecified atom stereocenters. The number of benzene rings is 1. The first-order valence-corrected chi connectivity index (χ1v) is 5.51. The van der Waals surface area contributed by atoms with Crippen LogP contribution in [0.2, 0.25) is 0 Å². The number of furan rings is 2. The van der Waals surface area contributed by atoms with Crippen LogP contribution < -0.4 is 0 Å². The summed E-state index contributed by atoms with van der Waals surface area (Å²) in [5.74, 6) is -1.92. The van der Waals surface area contributed by atoms with Crippen LogP contribution in [0.4, 0.5) is 0 Å². The summed E-state index contributed by atoms with van der Waals surface area (Å²) in [6.45, 7) is 0. The van der Waals surface area contributed by atoms with Crippen molar-refractivity contribution in [2.24, 2.45) is 0 Å². The van der Waals surface area contributed by atoms with E-state index in [9.17, 15) is 9.59 Å². The maximum absolute atomic E-state index is 12.1. The van der Waals surface area contributed by atoms with E-state index in [1.54, 1.807) is 18.2 Å². The van der Waals surface area contributed by atoms with Gasteiger partial charge in [-0.25, -0.2) is 4.79 Å². The third-order valence-corrected chi connectivity index (χ3v) is 2.69. The van der Waals surface area contributed by atoms with Crippen LogP contribution in [0.25, 0.3) is 11.0 Å². The Hall–Kier alpha value is -2.82. The van der Waals surface area contributed by atoms with Gasteiger partial charge in [-0.2, -0.15) is 0 Å². The second-order valence-corrected chi connectivity index (χ2v) is 3.95. The van der Waals surface area contributed by atoms with Gasteiger partial charge in [-0.15, -0.1) is 0 Å². The number of para-hydroxylation sites is 1. The zero-order valence-electron chi connectivity index (χ0n) is 9.62. The Balaban J connectivity index is 2.00. The largest absolute Gasteiger partial charge is 0.475 e. The Morgan fingerprint density at radius 1 is 0.895 bits per heavy atom. The molecule has 0 aliphatic rings. The molecular formula is C14H8O5. The molecule has 0 radical (unpaired) electrons. The predicted octanol–water partition coefficient (Wildman–Crippen LogP) is 2.96. The van der Waals surface area contributed by atoms with Crippen molar-refractivity contribution in [2.45, 2.75) is 0 Å². The number of hydrogen-bond donors (Lipinski definition) is 1. The third kappa shape index (κ3) is 1.91. The summed E-state index contributed by atoms with van der Waals surface area (Å²) in [7, 11) is 0. The molecule has 0 aliphatic heterocycles. The molecule has 0 aliphatic carbocycles. The van der Waals surface area contributed by atoms with E-state index in [-0.39, 0.29) is 17.3 Å². The Kier molecular flexibility index (Phi) is 2.45.